The molecule has 0 heterocycles. The smallest absolute Gasteiger partial charge is 0.262 e. The lowest BCUT2D eigenvalue weighted by Gasteiger charge is -2.21. The number of anilines is 2. The molecule has 0 aliphatic rings. The number of halogens is 1. The minimum absolute atomic E-state index is 0.203. The van der Waals surface area contributed by atoms with Gasteiger partial charge in [-0.25, -0.2) is 13.8 Å². The number of hydrogen-bond acceptors (Lipinski definition) is 7. The Balaban J connectivity index is 1.50. The highest BCUT2D eigenvalue weighted by molar-refractivity contribution is 7.92. The second kappa shape index (κ2) is 12.7. The number of hydrazone groups is 1. The van der Waals surface area contributed by atoms with Gasteiger partial charge in [0.1, 0.15) is 18.0 Å². The van der Waals surface area contributed by atoms with Crippen LogP contribution in [-0.4, -0.2) is 53.0 Å². The van der Waals surface area contributed by atoms with Crippen LogP contribution in [0.5, 0.6) is 11.5 Å². The lowest BCUT2D eigenvalue weighted by molar-refractivity contribution is -0.119. The van der Waals surface area contributed by atoms with Crippen LogP contribution in [0.15, 0.2) is 77.9 Å². The van der Waals surface area contributed by atoms with Crippen LogP contribution in [0.4, 0.5) is 11.4 Å². The van der Waals surface area contributed by atoms with E-state index in [4.69, 9.17) is 21.1 Å². The summed E-state index contributed by atoms with van der Waals surface area (Å²) in [4.78, 5) is 24.5. The molecule has 0 saturated carbocycles. The number of benzene rings is 3. The third-order valence-electron chi connectivity index (χ3n) is 4.82. The van der Waals surface area contributed by atoms with Gasteiger partial charge < -0.3 is 14.8 Å². The van der Waals surface area contributed by atoms with Gasteiger partial charge in [0.05, 0.1) is 31.0 Å². The van der Waals surface area contributed by atoms with E-state index in [0.717, 1.165) is 10.6 Å². The van der Waals surface area contributed by atoms with Crippen molar-refractivity contribution in [2.24, 2.45) is 5.10 Å². The van der Waals surface area contributed by atoms with Gasteiger partial charge >= 0.3 is 0 Å². The molecule has 3 aromatic carbocycles. The van der Waals surface area contributed by atoms with Gasteiger partial charge in [0.2, 0.25) is 10.0 Å². The second-order valence-corrected chi connectivity index (χ2v) is 9.99. The Morgan fingerprint density at radius 3 is 2.43 bits per heavy atom. The van der Waals surface area contributed by atoms with Gasteiger partial charge in [-0.15, -0.1) is 0 Å². The Labute approximate surface area is 219 Å². The summed E-state index contributed by atoms with van der Waals surface area (Å²) >= 11 is 5.94. The number of nitrogens with zero attached hydrogens (tertiary/aromatic N) is 2. The molecular weight excluding hydrogens is 520 g/mol. The summed E-state index contributed by atoms with van der Waals surface area (Å²) in [6, 6.07) is 19.9. The maximum Gasteiger partial charge on any atom is 0.262 e. The number of carbonyl (C=O) groups excluding carboxylic acids is 2. The number of carbonyl (C=O) groups is 2. The number of rotatable bonds is 11. The summed E-state index contributed by atoms with van der Waals surface area (Å²) < 4.78 is 35.9. The zero-order valence-electron chi connectivity index (χ0n) is 20.0. The first-order valence-corrected chi connectivity index (χ1v) is 13.1. The average Bonchev–Trinajstić information content (AvgIpc) is 2.86. The molecule has 10 nitrogen and oxygen atoms in total. The van der Waals surface area contributed by atoms with E-state index in [0.29, 0.717) is 27.8 Å². The van der Waals surface area contributed by atoms with Crippen LogP contribution in [0.1, 0.15) is 5.56 Å². The molecule has 2 N–H and O–H groups in total. The number of ether oxygens (including phenoxy) is 2. The van der Waals surface area contributed by atoms with E-state index in [-0.39, 0.29) is 18.2 Å². The average molecular weight is 545 g/mol. The van der Waals surface area contributed by atoms with Crippen LogP contribution in [0, 0.1) is 0 Å². The number of methoxy groups -OCH3 is 1. The van der Waals surface area contributed by atoms with E-state index >= 15 is 0 Å². The van der Waals surface area contributed by atoms with E-state index < -0.39 is 22.5 Å². The van der Waals surface area contributed by atoms with Gasteiger partial charge in [-0.05, 0) is 60.2 Å². The highest BCUT2D eigenvalue weighted by Crippen LogP contribution is 2.23. The van der Waals surface area contributed by atoms with E-state index in [1.807, 2.05) is 0 Å². The standard InChI is InChI=1S/C25H25ClN4O6S/c1-35-23-9-4-3-8-22(23)28-25(32)17-36-21-12-10-18(11-13-21)15-27-29-24(31)16-30(37(2,33)34)20-7-5-6-19(26)14-20/h3-15H,16-17H2,1-2H3,(H,28,32)(H,29,31)/b27-15-. The van der Waals surface area contributed by atoms with E-state index in [1.54, 1.807) is 60.7 Å². The third-order valence-corrected chi connectivity index (χ3v) is 6.19. The van der Waals surface area contributed by atoms with E-state index in [1.165, 1.54) is 25.5 Å². The van der Waals surface area contributed by atoms with Crippen LogP contribution in [0.2, 0.25) is 5.02 Å². The number of nitrogens with one attached hydrogen (secondary N) is 2. The summed E-state index contributed by atoms with van der Waals surface area (Å²) in [7, 11) is -2.21. The molecule has 12 heteroatoms. The Bertz CT molecular complexity index is 1380. The number of sulfonamides is 1. The van der Waals surface area contributed by atoms with Crippen molar-refractivity contribution in [2.45, 2.75) is 0 Å². The van der Waals surface area contributed by atoms with E-state index in [9.17, 15) is 18.0 Å². The van der Waals surface area contributed by atoms with Crippen LogP contribution < -0.4 is 24.5 Å². The molecule has 0 bridgehead atoms. The molecule has 0 saturated heterocycles. The molecule has 194 valence electrons. The fourth-order valence-electron chi connectivity index (χ4n) is 3.11. The van der Waals surface area contributed by atoms with Gasteiger partial charge in [0, 0.05) is 5.02 Å². The topological polar surface area (TPSA) is 126 Å². The van der Waals surface area contributed by atoms with Crippen LogP contribution >= 0.6 is 11.6 Å². The number of hydrogen-bond donors (Lipinski definition) is 2. The van der Waals surface area contributed by atoms with Crippen molar-refractivity contribution in [3.63, 3.8) is 0 Å². The first-order chi connectivity index (χ1) is 17.7. The fourth-order valence-corrected chi connectivity index (χ4v) is 4.14. The summed E-state index contributed by atoms with van der Waals surface area (Å²) in [5.41, 5.74) is 3.75. The van der Waals surface area contributed by atoms with Crippen molar-refractivity contribution in [1.29, 1.82) is 0 Å². The first-order valence-electron chi connectivity index (χ1n) is 10.9. The predicted octanol–water partition coefficient (Wildman–Crippen LogP) is 3.28. The molecule has 0 atom stereocenters. The molecule has 0 aliphatic carbocycles. The van der Waals surface area contributed by atoms with Gasteiger partial charge in [-0.3, -0.25) is 13.9 Å². The van der Waals surface area contributed by atoms with E-state index in [2.05, 4.69) is 15.8 Å². The summed E-state index contributed by atoms with van der Waals surface area (Å²) in [5, 5.41) is 6.93. The predicted molar refractivity (Wildman–Crippen MR) is 143 cm³/mol. The molecule has 0 unspecified atom stereocenters. The Morgan fingerprint density at radius 1 is 1.03 bits per heavy atom. The molecule has 3 aromatic rings. The first kappa shape index (κ1) is 27.5. The summed E-state index contributed by atoms with van der Waals surface area (Å²) in [6.07, 6.45) is 2.39. The Hall–Kier alpha value is -4.09. The van der Waals surface area contributed by atoms with Crippen molar-refractivity contribution in [3.8, 4) is 11.5 Å². The van der Waals surface area contributed by atoms with Crippen molar-refractivity contribution < 1.29 is 27.5 Å². The number of para-hydroxylation sites is 2. The summed E-state index contributed by atoms with van der Waals surface area (Å²) in [6.45, 7) is -0.675. The van der Waals surface area contributed by atoms with Crippen molar-refractivity contribution >= 4 is 51.0 Å². The fraction of sp³-hybridized carbons (Fsp3) is 0.160. The van der Waals surface area contributed by atoms with Crippen LogP contribution in [-0.2, 0) is 19.6 Å². The largest absolute Gasteiger partial charge is 0.495 e. The highest BCUT2D eigenvalue weighted by Gasteiger charge is 2.20. The summed E-state index contributed by atoms with van der Waals surface area (Å²) in [5.74, 6) is 0.0168. The minimum Gasteiger partial charge on any atom is -0.495 e. The quantitative estimate of drug-likeness (QED) is 0.282. The molecule has 3 rings (SSSR count). The molecule has 0 aliphatic heterocycles. The highest BCUT2D eigenvalue weighted by atomic mass is 35.5. The lowest BCUT2D eigenvalue weighted by Crippen LogP contribution is -2.39. The normalized spacial score (nSPS) is 11.1. The molecule has 0 spiro atoms. The van der Waals surface area contributed by atoms with Crippen LogP contribution in [0.25, 0.3) is 0 Å². The lowest BCUT2D eigenvalue weighted by atomic mass is 10.2. The third kappa shape index (κ3) is 8.51. The second-order valence-electron chi connectivity index (χ2n) is 7.65. The Kier molecular flexibility index (Phi) is 9.47. The zero-order valence-corrected chi connectivity index (χ0v) is 21.6. The monoisotopic (exact) mass is 544 g/mol. The molecule has 0 radical (unpaired) electrons. The molecule has 37 heavy (non-hydrogen) atoms. The van der Waals surface area contributed by atoms with Crippen molar-refractivity contribution in [1.82, 2.24) is 5.43 Å². The van der Waals surface area contributed by atoms with Gasteiger partial charge in [0.25, 0.3) is 11.8 Å². The molecular formula is C25H25ClN4O6S. The maximum atomic E-state index is 12.3. The van der Waals surface area contributed by atoms with Crippen molar-refractivity contribution in [3.05, 3.63) is 83.4 Å². The molecule has 2 amide bonds. The Morgan fingerprint density at radius 2 is 1.76 bits per heavy atom. The number of amides is 2. The SMILES string of the molecule is COc1ccccc1NC(=O)COc1ccc(/C=N\NC(=O)CN(c2cccc(Cl)c2)S(C)(=O)=O)cc1. The van der Waals surface area contributed by atoms with Gasteiger partial charge in [-0.2, -0.15) is 5.10 Å². The molecule has 0 aromatic heterocycles. The maximum absolute atomic E-state index is 12.3. The zero-order chi connectivity index (χ0) is 26.8. The van der Waals surface area contributed by atoms with Gasteiger partial charge in [-0.1, -0.05) is 29.8 Å². The minimum atomic E-state index is -3.73. The van der Waals surface area contributed by atoms with Crippen molar-refractivity contribution in [2.75, 3.05) is 36.1 Å². The van der Waals surface area contributed by atoms with Gasteiger partial charge in [0.15, 0.2) is 6.61 Å². The molecule has 0 fully saturated rings. The van der Waals surface area contributed by atoms with Crippen LogP contribution in [0.3, 0.4) is 0 Å².